The summed E-state index contributed by atoms with van der Waals surface area (Å²) in [6.07, 6.45) is 1.65. The topological polar surface area (TPSA) is 38.3 Å². The molecule has 3 heteroatoms. The van der Waals surface area contributed by atoms with Gasteiger partial charge in [-0.1, -0.05) is 80.1 Å². The van der Waals surface area contributed by atoms with Gasteiger partial charge in [-0.25, -0.2) is 4.79 Å². The summed E-state index contributed by atoms with van der Waals surface area (Å²) in [6, 6.07) is 23.7. The Hall–Kier alpha value is -3.33. The van der Waals surface area contributed by atoms with E-state index in [0.717, 1.165) is 23.8 Å². The molecule has 0 saturated heterocycles. The van der Waals surface area contributed by atoms with E-state index in [4.69, 9.17) is 4.74 Å². The van der Waals surface area contributed by atoms with Crippen LogP contribution in [0, 0.1) is 0 Å². The first kappa shape index (κ1) is 17.7. The summed E-state index contributed by atoms with van der Waals surface area (Å²) >= 11 is 0. The van der Waals surface area contributed by atoms with Crippen molar-refractivity contribution in [2.24, 2.45) is 0 Å². The molecule has 0 unspecified atom stereocenters. The van der Waals surface area contributed by atoms with Gasteiger partial charge in [0.15, 0.2) is 0 Å². The Bertz CT molecular complexity index is 1290. The van der Waals surface area contributed by atoms with Crippen molar-refractivity contribution in [1.82, 2.24) is 5.32 Å². The molecule has 29 heavy (non-hydrogen) atoms. The lowest BCUT2D eigenvalue weighted by Crippen LogP contribution is -2.25. The van der Waals surface area contributed by atoms with E-state index in [1.807, 2.05) is 0 Å². The van der Waals surface area contributed by atoms with Gasteiger partial charge >= 0.3 is 6.09 Å². The van der Waals surface area contributed by atoms with Crippen LogP contribution in [0.15, 0.2) is 66.7 Å². The number of hydrogen-bond acceptors (Lipinski definition) is 2. The number of benzene rings is 5. The molecule has 1 amide bonds. The quantitative estimate of drug-likeness (QED) is 0.207. The van der Waals surface area contributed by atoms with Crippen LogP contribution in [0.4, 0.5) is 4.79 Å². The van der Waals surface area contributed by atoms with Crippen LogP contribution < -0.4 is 5.32 Å². The molecule has 0 heterocycles. The molecule has 0 aliphatic heterocycles. The lowest BCUT2D eigenvalue weighted by molar-refractivity contribution is 0.140. The average molecular weight is 381 g/mol. The Morgan fingerprint density at radius 1 is 0.793 bits per heavy atom. The van der Waals surface area contributed by atoms with Gasteiger partial charge in [-0.15, -0.1) is 0 Å². The fourth-order valence-corrected chi connectivity index (χ4v) is 4.39. The minimum atomic E-state index is -0.353. The maximum atomic E-state index is 12.0. The molecule has 3 nitrogen and oxygen atoms in total. The predicted molar refractivity (Wildman–Crippen MR) is 121 cm³/mol. The Kier molecular flexibility index (Phi) is 4.44. The lowest BCUT2D eigenvalue weighted by atomic mass is 9.88. The van der Waals surface area contributed by atoms with Crippen molar-refractivity contribution in [2.45, 2.75) is 26.4 Å². The highest BCUT2D eigenvalue weighted by Crippen LogP contribution is 2.40. The summed E-state index contributed by atoms with van der Waals surface area (Å²) < 4.78 is 5.49. The van der Waals surface area contributed by atoms with Gasteiger partial charge in [-0.3, -0.25) is 0 Å². The van der Waals surface area contributed by atoms with Crippen molar-refractivity contribution < 1.29 is 9.53 Å². The number of carbonyl (C=O) groups is 1. The largest absolute Gasteiger partial charge is 0.445 e. The molecule has 0 spiro atoms. The number of nitrogens with one attached hydrogen (secondary N) is 1. The van der Waals surface area contributed by atoms with Crippen molar-refractivity contribution in [2.75, 3.05) is 6.54 Å². The Labute approximate surface area is 169 Å². The normalized spacial score (nSPS) is 11.6. The van der Waals surface area contributed by atoms with Crippen LogP contribution in [0.2, 0.25) is 0 Å². The van der Waals surface area contributed by atoms with Gasteiger partial charge in [0.1, 0.15) is 6.61 Å². The van der Waals surface area contributed by atoms with E-state index in [2.05, 4.69) is 79.0 Å². The number of hydrogen-bond donors (Lipinski definition) is 1. The summed E-state index contributed by atoms with van der Waals surface area (Å²) in [6.45, 7) is 3.02. The number of unbranched alkanes of at least 4 members (excludes halogenated alkanes) is 1. The Morgan fingerprint density at radius 3 is 2.14 bits per heavy atom. The van der Waals surface area contributed by atoms with Gasteiger partial charge in [-0.05, 0) is 55.1 Å². The van der Waals surface area contributed by atoms with Crippen LogP contribution in [0.3, 0.4) is 0 Å². The highest BCUT2D eigenvalue weighted by atomic mass is 16.5. The molecule has 0 atom stereocenters. The maximum absolute atomic E-state index is 12.0. The Morgan fingerprint density at radius 2 is 1.41 bits per heavy atom. The zero-order valence-electron chi connectivity index (χ0n) is 16.5. The number of rotatable bonds is 5. The number of fused-ring (bicyclic) bond motifs is 2. The van der Waals surface area contributed by atoms with E-state index in [9.17, 15) is 4.79 Å². The summed E-state index contributed by atoms with van der Waals surface area (Å²) in [7, 11) is 0. The molecule has 0 fully saturated rings. The molecular weight excluding hydrogens is 358 g/mol. The highest BCUT2D eigenvalue weighted by Gasteiger charge is 2.14. The molecule has 0 aliphatic carbocycles. The molecule has 5 aromatic rings. The minimum Gasteiger partial charge on any atom is -0.445 e. The molecule has 1 N–H and O–H groups in total. The van der Waals surface area contributed by atoms with Crippen LogP contribution in [-0.2, 0) is 11.3 Å². The fraction of sp³-hybridized carbons (Fsp3) is 0.192. The van der Waals surface area contributed by atoms with Crippen molar-refractivity contribution in [3.8, 4) is 0 Å². The van der Waals surface area contributed by atoms with Crippen LogP contribution in [0.1, 0.15) is 25.3 Å². The first-order chi connectivity index (χ1) is 14.3. The number of alkyl carbamates (subject to hydrolysis) is 1. The summed E-state index contributed by atoms with van der Waals surface area (Å²) in [5.74, 6) is 0. The monoisotopic (exact) mass is 381 g/mol. The minimum absolute atomic E-state index is 0.268. The number of ether oxygens (including phenoxy) is 1. The van der Waals surface area contributed by atoms with Gasteiger partial charge in [0, 0.05) is 6.54 Å². The molecule has 0 bridgehead atoms. The Balaban J connectivity index is 1.64. The smallest absolute Gasteiger partial charge is 0.407 e. The maximum Gasteiger partial charge on any atom is 0.407 e. The molecule has 5 rings (SSSR count). The van der Waals surface area contributed by atoms with E-state index < -0.39 is 0 Å². The van der Waals surface area contributed by atoms with Gasteiger partial charge in [-0.2, -0.15) is 0 Å². The molecule has 144 valence electrons. The number of carbonyl (C=O) groups excluding carboxylic acids is 1. The zero-order valence-corrected chi connectivity index (χ0v) is 16.5. The van der Waals surface area contributed by atoms with E-state index in [0.29, 0.717) is 6.54 Å². The molecule has 0 saturated carbocycles. The second-order valence-corrected chi connectivity index (χ2v) is 7.57. The zero-order chi connectivity index (χ0) is 19.8. The third-order valence-corrected chi connectivity index (χ3v) is 5.77. The third-order valence-electron chi connectivity index (χ3n) is 5.77. The molecular formula is C26H23NO2. The van der Waals surface area contributed by atoms with Gasteiger partial charge in [0.05, 0.1) is 0 Å². The lowest BCUT2D eigenvalue weighted by Gasteiger charge is -2.16. The van der Waals surface area contributed by atoms with Crippen LogP contribution in [-0.4, -0.2) is 12.6 Å². The van der Waals surface area contributed by atoms with Crippen molar-refractivity contribution in [3.63, 3.8) is 0 Å². The molecule has 5 aromatic carbocycles. The van der Waals surface area contributed by atoms with E-state index in [1.165, 1.54) is 37.7 Å². The van der Waals surface area contributed by atoms with E-state index >= 15 is 0 Å². The first-order valence-electron chi connectivity index (χ1n) is 10.3. The van der Waals surface area contributed by atoms with Crippen LogP contribution >= 0.6 is 0 Å². The van der Waals surface area contributed by atoms with Crippen LogP contribution in [0.25, 0.3) is 43.1 Å². The predicted octanol–water partition coefficient (Wildman–Crippen LogP) is 6.76. The highest BCUT2D eigenvalue weighted by molar-refractivity contribution is 6.33. The fourth-order valence-electron chi connectivity index (χ4n) is 4.39. The third kappa shape index (κ3) is 2.94. The summed E-state index contributed by atoms with van der Waals surface area (Å²) in [5, 5.41) is 12.8. The average Bonchev–Trinajstić information content (AvgIpc) is 2.76. The van der Waals surface area contributed by atoms with Crippen LogP contribution in [0.5, 0.6) is 0 Å². The van der Waals surface area contributed by atoms with E-state index in [-0.39, 0.29) is 12.7 Å². The first-order valence-corrected chi connectivity index (χ1v) is 10.3. The van der Waals surface area contributed by atoms with Gasteiger partial charge in [0.25, 0.3) is 0 Å². The molecule has 0 aromatic heterocycles. The standard InChI is InChI=1S/C26H23NO2/c1-2-3-15-27-26(28)29-16-18-13-14-23-21-11-5-8-17-7-4-10-20(24(17)21)22-12-6-9-19(18)25(22)23/h4-14H,2-3,15-16H2,1H3,(H,27,28). The SMILES string of the molecule is CCCCNC(=O)OCc1ccc2c3cccc4cccc(c5cccc1c52)c43. The van der Waals surface area contributed by atoms with Crippen molar-refractivity contribution in [1.29, 1.82) is 0 Å². The van der Waals surface area contributed by atoms with Gasteiger partial charge < -0.3 is 10.1 Å². The van der Waals surface area contributed by atoms with Crippen molar-refractivity contribution in [3.05, 3.63) is 72.3 Å². The second kappa shape index (κ2) is 7.25. The van der Waals surface area contributed by atoms with E-state index in [1.54, 1.807) is 0 Å². The second-order valence-electron chi connectivity index (χ2n) is 7.57. The van der Waals surface area contributed by atoms with Crippen molar-refractivity contribution >= 4 is 49.2 Å². The number of amides is 1. The molecule has 0 radical (unpaired) electrons. The molecule has 0 aliphatic rings. The summed E-state index contributed by atoms with van der Waals surface area (Å²) in [5.41, 5.74) is 1.03. The summed E-state index contributed by atoms with van der Waals surface area (Å²) in [4.78, 5) is 12.0. The van der Waals surface area contributed by atoms with Gasteiger partial charge in [0.2, 0.25) is 0 Å².